The molecule has 0 spiro atoms. The summed E-state index contributed by atoms with van der Waals surface area (Å²) in [5, 5.41) is 2.91. The normalized spacial score (nSPS) is 15.6. The van der Waals surface area contributed by atoms with Crippen molar-refractivity contribution in [3.8, 4) is 0 Å². The average molecular weight is 347 g/mol. The van der Waals surface area contributed by atoms with E-state index in [9.17, 15) is 4.79 Å². The molecule has 0 bridgehead atoms. The first-order valence-electron chi connectivity index (χ1n) is 5.62. The third kappa shape index (κ3) is 2.06. The number of halogens is 1. The van der Waals surface area contributed by atoms with E-state index in [2.05, 4.69) is 34.0 Å². The van der Waals surface area contributed by atoms with Gasteiger partial charge < -0.3 is 5.32 Å². The SMILES string of the molecule is O=C1NC(=Cc2cccc(I)c2)c2ccccc21. The Labute approximate surface area is 119 Å². The second-order valence-corrected chi connectivity index (χ2v) is 5.36. The second-order valence-electron chi connectivity index (χ2n) is 4.11. The molecule has 18 heavy (non-hydrogen) atoms. The van der Waals surface area contributed by atoms with Gasteiger partial charge in [-0.25, -0.2) is 0 Å². The van der Waals surface area contributed by atoms with Gasteiger partial charge in [0.15, 0.2) is 0 Å². The Morgan fingerprint density at radius 2 is 1.78 bits per heavy atom. The summed E-state index contributed by atoms with van der Waals surface area (Å²) >= 11 is 2.28. The van der Waals surface area contributed by atoms with Crippen molar-refractivity contribution in [2.24, 2.45) is 0 Å². The van der Waals surface area contributed by atoms with Gasteiger partial charge in [-0.3, -0.25) is 4.79 Å². The van der Waals surface area contributed by atoms with Gasteiger partial charge in [-0.1, -0.05) is 30.3 Å². The topological polar surface area (TPSA) is 29.1 Å². The minimum Gasteiger partial charge on any atom is -0.321 e. The lowest BCUT2D eigenvalue weighted by Gasteiger charge is -2.00. The van der Waals surface area contributed by atoms with E-state index in [1.54, 1.807) is 0 Å². The van der Waals surface area contributed by atoms with Crippen LogP contribution in [-0.2, 0) is 0 Å². The number of amides is 1. The predicted octanol–water partition coefficient (Wildman–Crippen LogP) is 3.53. The smallest absolute Gasteiger partial charge is 0.256 e. The van der Waals surface area contributed by atoms with E-state index >= 15 is 0 Å². The van der Waals surface area contributed by atoms with Gasteiger partial charge in [0.25, 0.3) is 5.91 Å². The lowest BCUT2D eigenvalue weighted by molar-refractivity contribution is 0.0981. The Balaban J connectivity index is 2.07. The van der Waals surface area contributed by atoms with Crippen molar-refractivity contribution in [3.05, 3.63) is 68.8 Å². The summed E-state index contributed by atoms with van der Waals surface area (Å²) in [6.45, 7) is 0. The van der Waals surface area contributed by atoms with Gasteiger partial charge >= 0.3 is 0 Å². The second kappa shape index (κ2) is 4.57. The standard InChI is InChI=1S/C15H10INO/c16-11-5-3-4-10(8-11)9-14-12-6-1-2-7-13(12)15(18)17-14/h1-9H,(H,17,18). The van der Waals surface area contributed by atoms with Crippen LogP contribution in [0.4, 0.5) is 0 Å². The number of nitrogens with one attached hydrogen (secondary N) is 1. The van der Waals surface area contributed by atoms with Crippen LogP contribution in [0.15, 0.2) is 48.5 Å². The van der Waals surface area contributed by atoms with E-state index in [0.717, 1.165) is 22.4 Å². The molecule has 0 aliphatic carbocycles. The fraction of sp³-hybridized carbons (Fsp3) is 0. The summed E-state index contributed by atoms with van der Waals surface area (Å²) in [6.07, 6.45) is 2.01. The summed E-state index contributed by atoms with van der Waals surface area (Å²) in [5.41, 5.74) is 3.68. The molecule has 1 aliphatic heterocycles. The molecule has 1 aliphatic rings. The van der Waals surface area contributed by atoms with Crippen LogP contribution >= 0.6 is 22.6 Å². The Kier molecular flexibility index (Phi) is 2.91. The number of carbonyl (C=O) groups is 1. The largest absolute Gasteiger partial charge is 0.321 e. The van der Waals surface area contributed by atoms with E-state index in [1.165, 1.54) is 3.57 Å². The van der Waals surface area contributed by atoms with Gasteiger partial charge in [-0.05, 0) is 52.4 Å². The molecule has 0 fully saturated rings. The van der Waals surface area contributed by atoms with E-state index in [1.807, 2.05) is 48.5 Å². The minimum atomic E-state index is -0.0255. The fourth-order valence-electron chi connectivity index (χ4n) is 2.05. The number of fused-ring (bicyclic) bond motifs is 1. The van der Waals surface area contributed by atoms with Crippen LogP contribution in [0.1, 0.15) is 21.5 Å². The first kappa shape index (κ1) is 11.5. The fourth-order valence-corrected chi connectivity index (χ4v) is 2.62. The molecule has 2 nitrogen and oxygen atoms in total. The molecular weight excluding hydrogens is 337 g/mol. The molecule has 88 valence electrons. The highest BCUT2D eigenvalue weighted by Gasteiger charge is 2.22. The molecule has 0 radical (unpaired) electrons. The van der Waals surface area contributed by atoms with E-state index in [0.29, 0.717) is 0 Å². The zero-order valence-corrected chi connectivity index (χ0v) is 11.6. The lowest BCUT2D eigenvalue weighted by atomic mass is 10.1. The number of rotatable bonds is 1. The maximum Gasteiger partial charge on any atom is 0.256 e. The number of hydrogen-bond donors (Lipinski definition) is 1. The quantitative estimate of drug-likeness (QED) is 0.786. The number of carbonyl (C=O) groups excluding carboxylic acids is 1. The highest BCUT2D eigenvalue weighted by molar-refractivity contribution is 14.1. The maximum absolute atomic E-state index is 11.8. The van der Waals surface area contributed by atoms with Crippen LogP contribution < -0.4 is 5.32 Å². The monoisotopic (exact) mass is 347 g/mol. The van der Waals surface area contributed by atoms with Gasteiger partial charge in [0.1, 0.15) is 0 Å². The van der Waals surface area contributed by atoms with Crippen LogP contribution in [0.2, 0.25) is 0 Å². The molecule has 2 aromatic rings. The highest BCUT2D eigenvalue weighted by Crippen LogP contribution is 2.26. The summed E-state index contributed by atoms with van der Waals surface area (Å²) in [4.78, 5) is 11.8. The molecule has 0 aromatic heterocycles. The molecule has 1 N–H and O–H groups in total. The molecular formula is C15H10INO. The maximum atomic E-state index is 11.8. The van der Waals surface area contributed by atoms with Gasteiger partial charge in [0.2, 0.25) is 0 Å². The van der Waals surface area contributed by atoms with E-state index in [-0.39, 0.29) is 5.91 Å². The van der Waals surface area contributed by atoms with Crippen LogP contribution in [0.25, 0.3) is 11.8 Å². The van der Waals surface area contributed by atoms with Gasteiger partial charge in [0, 0.05) is 20.4 Å². The van der Waals surface area contributed by atoms with Crippen molar-refractivity contribution in [3.63, 3.8) is 0 Å². The van der Waals surface area contributed by atoms with Gasteiger partial charge in [-0.15, -0.1) is 0 Å². The first-order chi connectivity index (χ1) is 8.74. The van der Waals surface area contributed by atoms with Crippen LogP contribution in [0.3, 0.4) is 0 Å². The number of hydrogen-bond acceptors (Lipinski definition) is 1. The summed E-state index contributed by atoms with van der Waals surface area (Å²) in [6, 6.07) is 15.8. The van der Waals surface area contributed by atoms with Crippen molar-refractivity contribution < 1.29 is 4.79 Å². The van der Waals surface area contributed by atoms with E-state index < -0.39 is 0 Å². The highest BCUT2D eigenvalue weighted by atomic mass is 127. The minimum absolute atomic E-state index is 0.0255. The summed E-state index contributed by atoms with van der Waals surface area (Å²) in [5.74, 6) is -0.0255. The molecule has 1 heterocycles. The average Bonchev–Trinajstić information content (AvgIpc) is 2.67. The van der Waals surface area contributed by atoms with Crippen LogP contribution in [-0.4, -0.2) is 5.91 Å². The van der Waals surface area contributed by atoms with E-state index in [4.69, 9.17) is 0 Å². The lowest BCUT2D eigenvalue weighted by Crippen LogP contribution is -2.11. The van der Waals surface area contributed by atoms with Gasteiger partial charge in [-0.2, -0.15) is 0 Å². The molecule has 2 aromatic carbocycles. The summed E-state index contributed by atoms with van der Waals surface area (Å²) < 4.78 is 1.18. The first-order valence-corrected chi connectivity index (χ1v) is 6.70. The van der Waals surface area contributed by atoms with Crippen molar-refractivity contribution in [2.75, 3.05) is 0 Å². The third-order valence-corrected chi connectivity index (χ3v) is 3.54. The Bertz CT molecular complexity index is 661. The van der Waals surface area contributed by atoms with Gasteiger partial charge in [0.05, 0.1) is 0 Å². The third-order valence-electron chi connectivity index (χ3n) is 2.87. The van der Waals surface area contributed by atoms with Crippen molar-refractivity contribution in [1.82, 2.24) is 5.32 Å². The Morgan fingerprint density at radius 3 is 2.56 bits per heavy atom. The molecule has 0 saturated heterocycles. The molecule has 0 saturated carbocycles. The van der Waals surface area contributed by atoms with Crippen molar-refractivity contribution >= 4 is 40.3 Å². The zero-order chi connectivity index (χ0) is 12.5. The molecule has 3 heteroatoms. The predicted molar refractivity (Wildman–Crippen MR) is 80.9 cm³/mol. The Hall–Kier alpha value is -1.62. The molecule has 0 atom stereocenters. The zero-order valence-electron chi connectivity index (χ0n) is 9.48. The molecule has 1 amide bonds. The van der Waals surface area contributed by atoms with Crippen LogP contribution in [0.5, 0.6) is 0 Å². The van der Waals surface area contributed by atoms with Crippen molar-refractivity contribution in [1.29, 1.82) is 0 Å². The molecule has 0 unspecified atom stereocenters. The van der Waals surface area contributed by atoms with Crippen molar-refractivity contribution in [2.45, 2.75) is 0 Å². The van der Waals surface area contributed by atoms with Crippen LogP contribution in [0, 0.1) is 3.57 Å². The number of benzene rings is 2. The summed E-state index contributed by atoms with van der Waals surface area (Å²) in [7, 11) is 0. The molecule has 3 rings (SSSR count). The Morgan fingerprint density at radius 1 is 1.00 bits per heavy atom.